The molecule has 4 rings (SSSR count). The van der Waals surface area contributed by atoms with Gasteiger partial charge in [0, 0.05) is 0 Å². The van der Waals surface area contributed by atoms with E-state index in [-0.39, 0.29) is 29.0 Å². The fraction of sp³-hybridized carbons (Fsp3) is 0.259. The highest BCUT2D eigenvalue weighted by Crippen LogP contribution is 2.42. The van der Waals surface area contributed by atoms with Gasteiger partial charge in [0.15, 0.2) is 0 Å². The molecule has 0 aliphatic carbocycles. The van der Waals surface area contributed by atoms with Gasteiger partial charge in [-0.2, -0.15) is 0 Å². The van der Waals surface area contributed by atoms with Crippen molar-refractivity contribution in [2.24, 2.45) is 0 Å². The van der Waals surface area contributed by atoms with Crippen molar-refractivity contribution in [1.82, 2.24) is 4.90 Å². The molecule has 1 aliphatic rings. The Morgan fingerprint density at radius 2 is 1.79 bits per heavy atom. The molecule has 34 heavy (non-hydrogen) atoms. The van der Waals surface area contributed by atoms with Crippen molar-refractivity contribution < 1.29 is 29.0 Å². The number of ether oxygens (including phenoxy) is 1. The van der Waals surface area contributed by atoms with Crippen molar-refractivity contribution in [3.8, 4) is 11.5 Å². The molecule has 1 unspecified atom stereocenters. The van der Waals surface area contributed by atoms with Crippen molar-refractivity contribution in [3.63, 3.8) is 0 Å². The van der Waals surface area contributed by atoms with Crippen LogP contribution in [0.5, 0.6) is 11.5 Å². The van der Waals surface area contributed by atoms with Crippen LogP contribution in [-0.4, -0.2) is 33.9 Å². The Balaban J connectivity index is 1.93. The monoisotopic (exact) mass is 461 g/mol. The van der Waals surface area contributed by atoms with Crippen molar-refractivity contribution in [3.05, 3.63) is 88.9 Å². The number of phenolic OH excluding ortho intramolecular Hbond substituents is 1. The molecule has 1 amide bonds. The molecule has 0 radical (unpaired) electrons. The van der Waals surface area contributed by atoms with E-state index in [1.165, 1.54) is 30.4 Å². The average Bonchev–Trinajstić information content (AvgIpc) is 3.40. The summed E-state index contributed by atoms with van der Waals surface area (Å²) in [5.41, 5.74) is 1.56. The molecule has 1 fully saturated rings. The second kappa shape index (κ2) is 8.74. The first-order chi connectivity index (χ1) is 16.1. The number of carbonyl (C=O) groups excluding carboxylic acids is 2. The van der Waals surface area contributed by atoms with Crippen LogP contribution in [-0.2, 0) is 21.5 Å². The van der Waals surface area contributed by atoms with E-state index in [1.54, 1.807) is 36.4 Å². The van der Waals surface area contributed by atoms with E-state index in [1.807, 2.05) is 26.8 Å². The smallest absolute Gasteiger partial charge is 0.296 e. The number of phenols is 1. The first-order valence-corrected chi connectivity index (χ1v) is 10.9. The van der Waals surface area contributed by atoms with Crippen LogP contribution in [0.15, 0.2) is 70.9 Å². The normalized spacial score (nSPS) is 17.9. The highest BCUT2D eigenvalue weighted by Gasteiger charge is 2.46. The summed E-state index contributed by atoms with van der Waals surface area (Å²) in [5.74, 6) is -0.940. The zero-order chi connectivity index (χ0) is 24.6. The molecule has 1 aliphatic heterocycles. The first kappa shape index (κ1) is 23.2. The number of ketones is 1. The molecule has 2 N–H and O–H groups in total. The molecule has 1 saturated heterocycles. The fourth-order valence-corrected chi connectivity index (χ4v) is 4.12. The molecule has 0 bridgehead atoms. The third-order valence-electron chi connectivity index (χ3n) is 5.98. The summed E-state index contributed by atoms with van der Waals surface area (Å²) in [5, 5.41) is 21.2. The molecule has 0 saturated carbocycles. The van der Waals surface area contributed by atoms with E-state index < -0.39 is 17.7 Å². The van der Waals surface area contributed by atoms with E-state index in [4.69, 9.17) is 9.15 Å². The number of rotatable bonds is 5. The van der Waals surface area contributed by atoms with E-state index in [0.29, 0.717) is 22.6 Å². The van der Waals surface area contributed by atoms with Gasteiger partial charge in [-0.05, 0) is 52.9 Å². The van der Waals surface area contributed by atoms with Crippen LogP contribution >= 0.6 is 0 Å². The molecular weight excluding hydrogens is 434 g/mol. The standard InChI is InChI=1S/C27H27NO6/c1-27(2,3)17-9-12-21(33-4)20(14-17)24(30)22-23(16-7-10-18(29)11-8-16)28(26(32)25(22)31)15-19-6-5-13-34-19/h5-14,23,29-30H,15H2,1-4H3/b24-22+. The van der Waals surface area contributed by atoms with E-state index in [9.17, 15) is 19.8 Å². The summed E-state index contributed by atoms with van der Waals surface area (Å²) < 4.78 is 10.9. The van der Waals surface area contributed by atoms with Crippen LogP contribution in [0.3, 0.4) is 0 Å². The minimum atomic E-state index is -0.881. The summed E-state index contributed by atoms with van der Waals surface area (Å²) >= 11 is 0. The maximum absolute atomic E-state index is 13.3. The van der Waals surface area contributed by atoms with Crippen molar-refractivity contribution >= 4 is 17.4 Å². The van der Waals surface area contributed by atoms with Gasteiger partial charge < -0.3 is 24.3 Å². The summed E-state index contributed by atoms with van der Waals surface area (Å²) in [4.78, 5) is 27.7. The van der Waals surface area contributed by atoms with E-state index >= 15 is 0 Å². The number of amides is 1. The number of hydrogen-bond donors (Lipinski definition) is 2. The molecule has 2 aromatic carbocycles. The van der Waals surface area contributed by atoms with Gasteiger partial charge in [-0.25, -0.2) is 0 Å². The van der Waals surface area contributed by atoms with Gasteiger partial charge in [-0.3, -0.25) is 9.59 Å². The highest BCUT2D eigenvalue weighted by molar-refractivity contribution is 6.46. The Morgan fingerprint density at radius 3 is 2.38 bits per heavy atom. The highest BCUT2D eigenvalue weighted by atomic mass is 16.5. The molecule has 7 heteroatoms. The fourth-order valence-electron chi connectivity index (χ4n) is 4.12. The van der Waals surface area contributed by atoms with Gasteiger partial charge in [0.2, 0.25) is 0 Å². The molecule has 1 aromatic heterocycles. The van der Waals surface area contributed by atoms with Crippen molar-refractivity contribution in [2.45, 2.75) is 38.8 Å². The number of likely N-dealkylation sites (tertiary alicyclic amines) is 1. The maximum Gasteiger partial charge on any atom is 0.296 e. The number of aliphatic hydroxyl groups excluding tert-OH is 1. The summed E-state index contributed by atoms with van der Waals surface area (Å²) in [6.07, 6.45) is 1.49. The van der Waals surface area contributed by atoms with Gasteiger partial charge in [0.05, 0.1) is 37.1 Å². The van der Waals surface area contributed by atoms with Crippen molar-refractivity contribution in [1.29, 1.82) is 0 Å². The van der Waals surface area contributed by atoms with Gasteiger partial charge in [-0.1, -0.05) is 39.0 Å². The van der Waals surface area contributed by atoms with Crippen LogP contribution in [0, 0.1) is 0 Å². The quantitative estimate of drug-likeness (QED) is 0.318. The minimum absolute atomic E-state index is 0.0407. The average molecular weight is 462 g/mol. The number of hydrogen-bond acceptors (Lipinski definition) is 6. The summed E-state index contributed by atoms with van der Waals surface area (Å²) in [6.45, 7) is 6.16. The number of Topliss-reactive ketones (excluding diaryl/α,β-unsaturated/α-hetero) is 1. The third-order valence-corrected chi connectivity index (χ3v) is 5.98. The SMILES string of the molecule is COc1ccc(C(C)(C)C)cc1/C(O)=C1\C(=O)C(=O)N(Cc2ccco2)C1c1ccc(O)cc1. The lowest BCUT2D eigenvalue weighted by atomic mass is 9.85. The Kier molecular flexibility index (Phi) is 5.96. The van der Waals surface area contributed by atoms with Gasteiger partial charge in [-0.15, -0.1) is 0 Å². The number of aromatic hydroxyl groups is 1. The Hall–Kier alpha value is -4.00. The zero-order valence-electron chi connectivity index (χ0n) is 19.5. The number of furan rings is 1. The molecule has 1 atom stereocenters. The Morgan fingerprint density at radius 1 is 1.09 bits per heavy atom. The lowest BCUT2D eigenvalue weighted by Gasteiger charge is -2.25. The van der Waals surface area contributed by atoms with E-state index in [0.717, 1.165) is 5.56 Å². The molecule has 2 heterocycles. The predicted octanol–water partition coefficient (Wildman–Crippen LogP) is 4.91. The molecule has 7 nitrogen and oxygen atoms in total. The number of aliphatic hydroxyl groups is 1. The second-order valence-electron chi connectivity index (χ2n) is 9.26. The van der Waals surface area contributed by atoms with Gasteiger partial charge in [0.25, 0.3) is 11.7 Å². The zero-order valence-corrected chi connectivity index (χ0v) is 19.5. The molecule has 176 valence electrons. The number of nitrogens with zero attached hydrogens (tertiary/aromatic N) is 1. The minimum Gasteiger partial charge on any atom is -0.508 e. The van der Waals surface area contributed by atoms with Crippen molar-refractivity contribution in [2.75, 3.05) is 7.11 Å². The van der Waals surface area contributed by atoms with Crippen LogP contribution < -0.4 is 4.74 Å². The largest absolute Gasteiger partial charge is 0.508 e. The Bertz CT molecular complexity index is 1250. The summed E-state index contributed by atoms with van der Waals surface area (Å²) in [7, 11) is 1.48. The number of methoxy groups -OCH3 is 1. The van der Waals surface area contributed by atoms with Crippen LogP contribution in [0.1, 0.15) is 49.3 Å². The van der Waals surface area contributed by atoms with Gasteiger partial charge in [0.1, 0.15) is 23.0 Å². The predicted molar refractivity (Wildman–Crippen MR) is 126 cm³/mol. The third kappa shape index (κ3) is 4.17. The lowest BCUT2D eigenvalue weighted by molar-refractivity contribution is -0.140. The second-order valence-corrected chi connectivity index (χ2v) is 9.26. The Labute approximate surface area is 197 Å². The topological polar surface area (TPSA) is 100 Å². The summed E-state index contributed by atoms with van der Waals surface area (Å²) in [6, 6.07) is 14.1. The molecular formula is C27H27NO6. The van der Waals surface area contributed by atoms with E-state index in [2.05, 4.69) is 0 Å². The van der Waals surface area contributed by atoms with Crippen LogP contribution in [0.4, 0.5) is 0 Å². The number of benzene rings is 2. The van der Waals surface area contributed by atoms with Crippen LogP contribution in [0.2, 0.25) is 0 Å². The van der Waals surface area contributed by atoms with Crippen LogP contribution in [0.25, 0.3) is 5.76 Å². The molecule has 3 aromatic rings. The molecule has 0 spiro atoms. The maximum atomic E-state index is 13.3. The lowest BCUT2D eigenvalue weighted by Crippen LogP contribution is -2.29. The number of carbonyl (C=O) groups is 2. The first-order valence-electron chi connectivity index (χ1n) is 10.9. The van der Waals surface area contributed by atoms with Gasteiger partial charge >= 0.3 is 0 Å².